The lowest BCUT2D eigenvalue weighted by Gasteiger charge is -2.38. The van der Waals surface area contributed by atoms with Crippen molar-refractivity contribution in [1.29, 1.82) is 0 Å². The topological polar surface area (TPSA) is 149 Å². The number of rotatable bonds is 11. The second-order valence-corrected chi connectivity index (χ2v) is 17.5. The first-order valence-electron chi connectivity index (χ1n) is 15.2. The molecular weight excluding hydrogens is 723 g/mol. The summed E-state index contributed by atoms with van der Waals surface area (Å²) in [5.74, 6) is -1.15. The molecule has 0 radical (unpaired) electrons. The fourth-order valence-corrected chi connectivity index (χ4v) is 8.51. The summed E-state index contributed by atoms with van der Waals surface area (Å²) in [4.78, 5) is 14.3. The summed E-state index contributed by atoms with van der Waals surface area (Å²) in [6.07, 6.45) is 0.0277. The lowest BCUT2D eigenvalue weighted by Crippen LogP contribution is -2.50. The van der Waals surface area contributed by atoms with E-state index in [1.165, 1.54) is 27.4 Å². The van der Waals surface area contributed by atoms with Crippen LogP contribution in [-0.4, -0.2) is 106 Å². The van der Waals surface area contributed by atoms with Crippen molar-refractivity contribution in [2.75, 3.05) is 45.7 Å². The molecule has 2 fully saturated rings. The lowest BCUT2D eigenvalue weighted by molar-refractivity contribution is -0.0329. The predicted octanol–water partition coefficient (Wildman–Crippen LogP) is 4.38. The molecule has 0 bridgehead atoms. The lowest BCUT2D eigenvalue weighted by atomic mass is 9.88. The summed E-state index contributed by atoms with van der Waals surface area (Å²) in [5, 5.41) is 10.9. The van der Waals surface area contributed by atoms with Gasteiger partial charge in [-0.25, -0.2) is 26.0 Å². The highest BCUT2D eigenvalue weighted by Gasteiger charge is 2.48. The maximum atomic E-state index is 14.8. The van der Waals surface area contributed by atoms with E-state index < -0.39 is 66.6 Å². The number of piperidine rings is 1. The van der Waals surface area contributed by atoms with Crippen LogP contribution in [0.4, 0.5) is 9.18 Å². The Balaban J connectivity index is 1.45. The number of sulfone groups is 1. The molecule has 0 aromatic heterocycles. The maximum Gasteiger partial charge on any atom is 0.410 e. The average Bonchev–Trinajstić information content (AvgIpc) is 3.37. The molecule has 2 aromatic rings. The Bertz CT molecular complexity index is 1660. The molecule has 16 heteroatoms. The van der Waals surface area contributed by atoms with Crippen LogP contribution in [0.1, 0.15) is 47.0 Å². The molecule has 1 N–H and O–H groups in total. The Labute approximate surface area is 284 Å². The number of ether oxygens (including phenoxy) is 4. The van der Waals surface area contributed by atoms with Crippen LogP contribution in [0.5, 0.6) is 11.5 Å². The van der Waals surface area contributed by atoms with Crippen LogP contribution < -0.4 is 9.47 Å². The Hall–Kier alpha value is -2.50. The second-order valence-electron chi connectivity index (χ2n) is 12.7. The fourth-order valence-electron chi connectivity index (χ4n) is 5.65. The quantitative estimate of drug-likeness (QED) is 0.350. The van der Waals surface area contributed by atoms with Crippen molar-refractivity contribution in [2.24, 2.45) is 0 Å². The van der Waals surface area contributed by atoms with Gasteiger partial charge in [0.1, 0.15) is 33.9 Å². The molecule has 2 heterocycles. The van der Waals surface area contributed by atoms with Gasteiger partial charge in [-0.3, -0.25) is 0 Å². The number of hydrogen-bond acceptors (Lipinski definition) is 10. The summed E-state index contributed by atoms with van der Waals surface area (Å²) in [6, 6.07) is 8.04. The van der Waals surface area contributed by atoms with Crippen molar-refractivity contribution >= 4 is 41.9 Å². The zero-order valence-electron chi connectivity index (χ0n) is 27.1. The van der Waals surface area contributed by atoms with E-state index >= 15 is 0 Å². The molecule has 0 unspecified atom stereocenters. The molecule has 2 atom stereocenters. The third-order valence-electron chi connectivity index (χ3n) is 7.88. The highest BCUT2D eigenvalue weighted by atomic mass is 79.9. The van der Waals surface area contributed by atoms with E-state index in [1.54, 1.807) is 39.8 Å². The summed E-state index contributed by atoms with van der Waals surface area (Å²) < 4.78 is 90.7. The van der Waals surface area contributed by atoms with E-state index in [0.29, 0.717) is 30.3 Å². The van der Waals surface area contributed by atoms with Crippen LogP contribution in [0.15, 0.2) is 50.7 Å². The van der Waals surface area contributed by atoms with Crippen LogP contribution in [-0.2, 0) is 29.3 Å². The van der Waals surface area contributed by atoms with Gasteiger partial charge in [0.2, 0.25) is 10.0 Å². The normalized spacial score (nSPS) is 19.4. The number of nitrogens with zero attached hydrogens (tertiary/aromatic N) is 2. The maximum absolute atomic E-state index is 14.8. The summed E-state index contributed by atoms with van der Waals surface area (Å²) in [7, 11) is -7.72. The molecule has 2 saturated heterocycles. The van der Waals surface area contributed by atoms with Crippen LogP contribution in [0.3, 0.4) is 0 Å². The summed E-state index contributed by atoms with van der Waals surface area (Å²) in [5.41, 5.74) is -1.54. The zero-order chi connectivity index (χ0) is 34.8. The van der Waals surface area contributed by atoms with Gasteiger partial charge in [-0.1, -0.05) is 22.0 Å². The Kier molecular flexibility index (Phi) is 11.5. The van der Waals surface area contributed by atoms with E-state index in [1.807, 2.05) is 0 Å². The first kappa shape index (κ1) is 37.3. The van der Waals surface area contributed by atoms with E-state index in [0.717, 1.165) is 12.3 Å². The van der Waals surface area contributed by atoms with Gasteiger partial charge in [-0.2, -0.15) is 4.31 Å². The van der Waals surface area contributed by atoms with Gasteiger partial charge in [-0.05, 0) is 77.3 Å². The van der Waals surface area contributed by atoms with E-state index in [-0.39, 0.29) is 42.6 Å². The van der Waals surface area contributed by atoms with E-state index in [2.05, 4.69) is 15.9 Å². The van der Waals surface area contributed by atoms with Crippen LogP contribution in [0.2, 0.25) is 0 Å². The van der Waals surface area contributed by atoms with Gasteiger partial charge in [-0.15, -0.1) is 0 Å². The minimum Gasteiger partial charge on any atom is -0.492 e. The van der Waals surface area contributed by atoms with Gasteiger partial charge >= 0.3 is 6.09 Å². The molecule has 262 valence electrons. The molecule has 0 saturated carbocycles. The molecule has 1 amide bonds. The molecule has 0 aliphatic carbocycles. The van der Waals surface area contributed by atoms with Crippen LogP contribution in [0.25, 0.3) is 0 Å². The predicted molar refractivity (Wildman–Crippen MR) is 174 cm³/mol. The van der Waals surface area contributed by atoms with Gasteiger partial charge < -0.3 is 29.0 Å². The molecular formula is C31H42BrFN2O10S2. The molecule has 12 nitrogen and oxygen atoms in total. The zero-order valence-corrected chi connectivity index (χ0v) is 30.3. The number of carbonyl (C=O) groups excluding carboxylic acids is 1. The van der Waals surface area contributed by atoms with Gasteiger partial charge in [0, 0.05) is 23.8 Å². The Morgan fingerprint density at radius 3 is 2.43 bits per heavy atom. The monoisotopic (exact) mass is 764 g/mol. The minimum absolute atomic E-state index is 0.0742. The second kappa shape index (κ2) is 14.5. The van der Waals surface area contributed by atoms with E-state index in [9.17, 15) is 31.1 Å². The molecule has 2 aromatic carbocycles. The number of benzene rings is 2. The number of sulfonamides is 1. The fraction of sp³-hybridized carbons (Fsp3) is 0.581. The Morgan fingerprint density at radius 1 is 1.13 bits per heavy atom. The van der Waals surface area contributed by atoms with E-state index in [4.69, 9.17) is 18.9 Å². The Morgan fingerprint density at radius 2 is 1.81 bits per heavy atom. The summed E-state index contributed by atoms with van der Waals surface area (Å²) in [6.45, 7) is 7.06. The molecule has 47 heavy (non-hydrogen) atoms. The minimum atomic E-state index is -3.88. The third kappa shape index (κ3) is 9.15. The number of carbonyl (C=O) groups is 1. The van der Waals surface area contributed by atoms with Crippen molar-refractivity contribution < 1.29 is 50.1 Å². The average molecular weight is 766 g/mol. The number of amides is 1. The largest absolute Gasteiger partial charge is 0.492 e. The van der Waals surface area contributed by atoms with Gasteiger partial charge in [0.25, 0.3) is 0 Å². The highest BCUT2D eigenvalue weighted by molar-refractivity contribution is 9.10. The van der Waals surface area contributed by atoms with Gasteiger partial charge in [0.15, 0.2) is 21.4 Å². The molecule has 4 rings (SSSR count). The third-order valence-corrected chi connectivity index (χ3v) is 11.4. The standard InChI is InChI=1S/C31H42BrFN2O10S2/c1-6-42-24-11-10-21(32)16-27(24)47(40,41)34-14-12-31(13-15-34)17-22(19-44-31)35(29(37)45-30(2,3)4)18-23(36)20-43-25-8-7-9-26(28(25)33)46(5,38)39/h7-11,16,22-23,36H,6,12-15,17-20H2,1-5H3/t22-,23-/m0/s1. The number of hydrogen-bond donors (Lipinski definition) is 1. The van der Waals surface area contributed by atoms with Crippen molar-refractivity contribution in [3.8, 4) is 11.5 Å². The SMILES string of the molecule is CCOc1ccc(Br)cc1S(=O)(=O)N1CCC2(CC1)C[C@H](N(C[C@H](O)COc1cccc(S(C)(=O)=O)c1F)C(=O)OC(C)(C)C)CO2. The molecule has 2 aliphatic rings. The van der Waals surface area contributed by atoms with Crippen LogP contribution in [0, 0.1) is 5.82 Å². The van der Waals surface area contributed by atoms with Crippen molar-refractivity contribution in [2.45, 2.75) is 80.1 Å². The van der Waals surface area contributed by atoms with Crippen LogP contribution >= 0.6 is 15.9 Å². The van der Waals surface area contributed by atoms with Crippen molar-refractivity contribution in [3.63, 3.8) is 0 Å². The molecule has 2 aliphatic heterocycles. The first-order valence-corrected chi connectivity index (χ1v) is 19.3. The smallest absolute Gasteiger partial charge is 0.410 e. The number of aliphatic hydroxyl groups is 1. The molecule has 1 spiro atoms. The number of aliphatic hydroxyl groups excluding tert-OH is 1. The highest BCUT2D eigenvalue weighted by Crippen LogP contribution is 2.40. The van der Waals surface area contributed by atoms with Crippen molar-refractivity contribution in [1.82, 2.24) is 9.21 Å². The first-order chi connectivity index (χ1) is 21.8. The summed E-state index contributed by atoms with van der Waals surface area (Å²) >= 11 is 3.35. The van der Waals surface area contributed by atoms with Crippen molar-refractivity contribution in [3.05, 3.63) is 46.7 Å². The van der Waals surface area contributed by atoms with Gasteiger partial charge in [0.05, 0.1) is 31.4 Å². The number of halogens is 2.